The van der Waals surface area contributed by atoms with E-state index >= 15 is 0 Å². The number of nitrogens with one attached hydrogen (secondary N) is 2. The number of benzene rings is 1. The number of piperidine rings is 1. The molecule has 0 aliphatic carbocycles. The molecule has 6 nitrogen and oxygen atoms in total. The van der Waals surface area contributed by atoms with Crippen molar-refractivity contribution in [2.24, 2.45) is 0 Å². The zero-order valence-corrected chi connectivity index (χ0v) is 19.4. The molecule has 0 spiro atoms. The van der Waals surface area contributed by atoms with E-state index in [-0.39, 0.29) is 35.4 Å². The van der Waals surface area contributed by atoms with Crippen LogP contribution in [0.2, 0.25) is 0 Å². The third-order valence-corrected chi connectivity index (χ3v) is 5.85. The van der Waals surface area contributed by atoms with Crippen LogP contribution in [-0.2, 0) is 6.42 Å². The van der Waals surface area contributed by atoms with Gasteiger partial charge in [-0.25, -0.2) is 13.3 Å². The minimum absolute atomic E-state index is 0.0954. The fraction of sp³-hybridized carbons (Fsp3) is 0.360. The lowest BCUT2D eigenvalue weighted by Gasteiger charge is -2.33. The van der Waals surface area contributed by atoms with Crippen LogP contribution in [0.4, 0.5) is 27.8 Å². The van der Waals surface area contributed by atoms with Crippen molar-refractivity contribution < 1.29 is 26.7 Å². The van der Waals surface area contributed by atoms with E-state index in [1.54, 1.807) is 12.1 Å². The minimum atomic E-state index is -4.51. The average molecular weight is 505 g/mol. The maximum atomic E-state index is 14.5. The number of nitrogens with zero attached hydrogens (tertiary/aromatic N) is 3. The summed E-state index contributed by atoms with van der Waals surface area (Å²) in [7, 11) is 1.83. The Morgan fingerprint density at radius 2 is 2.00 bits per heavy atom. The molecule has 0 radical (unpaired) electrons. The number of anilines is 1. The summed E-state index contributed by atoms with van der Waals surface area (Å²) >= 11 is 0. The first kappa shape index (κ1) is 25.4. The van der Waals surface area contributed by atoms with Gasteiger partial charge in [-0.05, 0) is 49.7 Å². The molecule has 2 aromatic heterocycles. The van der Waals surface area contributed by atoms with Crippen LogP contribution in [0.5, 0.6) is 0 Å². The van der Waals surface area contributed by atoms with Gasteiger partial charge in [-0.3, -0.25) is 4.79 Å². The summed E-state index contributed by atoms with van der Waals surface area (Å²) in [5.74, 6) is 4.44. The minimum Gasteiger partial charge on any atom is -0.364 e. The van der Waals surface area contributed by atoms with Crippen molar-refractivity contribution in [3.8, 4) is 11.8 Å². The second-order valence-electron chi connectivity index (χ2n) is 8.64. The molecule has 0 bridgehead atoms. The van der Waals surface area contributed by atoms with Crippen LogP contribution in [0, 0.1) is 17.7 Å². The number of carbonyl (C=O) groups excluding carboxylic acids is 1. The third-order valence-electron chi connectivity index (χ3n) is 5.85. The molecule has 3 aromatic rings. The zero-order chi connectivity index (χ0) is 25.9. The van der Waals surface area contributed by atoms with Crippen LogP contribution in [-0.4, -0.2) is 65.5 Å². The van der Waals surface area contributed by atoms with Gasteiger partial charge in [-0.15, -0.1) is 0 Å². The molecule has 1 aromatic carbocycles. The Kier molecular flexibility index (Phi) is 7.45. The lowest BCUT2D eigenvalue weighted by Crippen LogP contribution is -2.46. The Bertz CT molecular complexity index is 1310. The number of hydrogen-bond acceptors (Lipinski definition) is 4. The quantitative estimate of drug-likeness (QED) is 0.409. The van der Waals surface area contributed by atoms with Gasteiger partial charge < -0.3 is 15.5 Å². The lowest BCUT2D eigenvalue weighted by molar-refractivity contribution is -0.127. The topological polar surface area (TPSA) is 61.7 Å². The molecule has 36 heavy (non-hydrogen) atoms. The number of aromatic nitrogens is 2. The predicted octanol–water partition coefficient (Wildman–Crippen LogP) is 3.81. The molecule has 190 valence electrons. The molecule has 0 unspecified atom stereocenters. The molecule has 11 heteroatoms. The van der Waals surface area contributed by atoms with E-state index in [1.807, 2.05) is 11.9 Å². The number of fused-ring (bicyclic) bond motifs is 1. The van der Waals surface area contributed by atoms with Crippen molar-refractivity contribution in [2.45, 2.75) is 31.2 Å². The van der Waals surface area contributed by atoms with Gasteiger partial charge in [-0.1, -0.05) is 18.1 Å². The summed E-state index contributed by atoms with van der Waals surface area (Å²) in [6, 6.07) is 9.27. The fourth-order valence-electron chi connectivity index (χ4n) is 4.10. The number of alkyl halides is 4. The van der Waals surface area contributed by atoms with Crippen LogP contribution in [0.15, 0.2) is 42.5 Å². The number of pyridine rings is 1. The summed E-state index contributed by atoms with van der Waals surface area (Å²) in [5, 5.41) is 9.84. The number of likely N-dealkylation sites (tertiary alicyclic amines) is 1. The average Bonchev–Trinajstić information content (AvgIpc) is 3.15. The van der Waals surface area contributed by atoms with E-state index in [4.69, 9.17) is 0 Å². The van der Waals surface area contributed by atoms with Gasteiger partial charge in [0.15, 0.2) is 0 Å². The smallest absolute Gasteiger partial charge is 0.364 e. The zero-order valence-electron chi connectivity index (χ0n) is 19.4. The Labute approximate surface area is 204 Å². The molecular weight excluding hydrogens is 481 g/mol. The largest absolute Gasteiger partial charge is 0.393 e. The first-order valence-electron chi connectivity index (χ1n) is 11.3. The Hall–Kier alpha value is -3.65. The monoisotopic (exact) mass is 505 g/mol. The van der Waals surface area contributed by atoms with Crippen molar-refractivity contribution in [3.05, 3.63) is 65.1 Å². The fourth-order valence-corrected chi connectivity index (χ4v) is 4.10. The van der Waals surface area contributed by atoms with Crippen LogP contribution in [0.25, 0.3) is 5.52 Å². The third kappa shape index (κ3) is 6.12. The summed E-state index contributed by atoms with van der Waals surface area (Å²) in [5.41, 5.74) is 0.0869. The highest BCUT2D eigenvalue weighted by molar-refractivity contribution is 5.94. The molecule has 1 saturated heterocycles. The summed E-state index contributed by atoms with van der Waals surface area (Å²) in [6.07, 6.45) is -6.38. The highest BCUT2D eigenvalue weighted by atomic mass is 19.4. The van der Waals surface area contributed by atoms with E-state index in [0.717, 1.165) is 6.07 Å². The number of rotatable bonds is 5. The van der Waals surface area contributed by atoms with Crippen molar-refractivity contribution in [2.75, 3.05) is 32.0 Å². The molecule has 1 fully saturated rings. The van der Waals surface area contributed by atoms with Crippen LogP contribution in [0.3, 0.4) is 0 Å². The second kappa shape index (κ2) is 10.5. The molecule has 4 rings (SSSR count). The maximum absolute atomic E-state index is 14.5. The van der Waals surface area contributed by atoms with Gasteiger partial charge in [-0.2, -0.15) is 18.3 Å². The second-order valence-corrected chi connectivity index (χ2v) is 8.64. The molecule has 3 heterocycles. The molecule has 1 aliphatic heterocycles. The van der Waals surface area contributed by atoms with Gasteiger partial charge in [0.2, 0.25) is 0 Å². The van der Waals surface area contributed by atoms with E-state index in [2.05, 4.69) is 27.6 Å². The number of amides is 1. The van der Waals surface area contributed by atoms with Crippen molar-refractivity contribution in [3.63, 3.8) is 0 Å². The highest BCUT2D eigenvalue weighted by Gasteiger charge is 2.32. The van der Waals surface area contributed by atoms with Gasteiger partial charge in [0.05, 0.1) is 24.5 Å². The van der Waals surface area contributed by atoms with Gasteiger partial charge in [0.1, 0.15) is 23.5 Å². The van der Waals surface area contributed by atoms with Crippen molar-refractivity contribution in [1.29, 1.82) is 0 Å². The lowest BCUT2D eigenvalue weighted by atomic mass is 10.0. The molecule has 2 atom stereocenters. The van der Waals surface area contributed by atoms with Crippen molar-refractivity contribution >= 4 is 17.2 Å². The van der Waals surface area contributed by atoms with Crippen molar-refractivity contribution in [1.82, 2.24) is 19.8 Å². The molecule has 1 amide bonds. The SMILES string of the molecule is CN1CC[C@@H](Nc2cccc3c(CC(F)(F)F)c(C#CCNC(=O)c4cccc(F)c4)nn23)[C@@H](F)C1. The van der Waals surface area contributed by atoms with Crippen LogP contribution >= 0.6 is 0 Å². The Balaban J connectivity index is 1.58. The number of halogens is 5. The van der Waals surface area contributed by atoms with Crippen LogP contribution in [0.1, 0.15) is 28.0 Å². The number of hydrogen-bond donors (Lipinski definition) is 2. The Morgan fingerprint density at radius 1 is 1.22 bits per heavy atom. The molecule has 0 saturated carbocycles. The van der Waals surface area contributed by atoms with Gasteiger partial charge in [0.25, 0.3) is 5.91 Å². The Morgan fingerprint density at radius 3 is 2.72 bits per heavy atom. The van der Waals surface area contributed by atoms with E-state index in [1.165, 1.54) is 28.8 Å². The van der Waals surface area contributed by atoms with E-state index in [9.17, 15) is 26.7 Å². The van der Waals surface area contributed by atoms with E-state index in [0.29, 0.717) is 18.8 Å². The number of carbonyl (C=O) groups is 1. The van der Waals surface area contributed by atoms with Gasteiger partial charge >= 0.3 is 6.18 Å². The maximum Gasteiger partial charge on any atom is 0.393 e. The predicted molar refractivity (Wildman–Crippen MR) is 125 cm³/mol. The summed E-state index contributed by atoms with van der Waals surface area (Å²) < 4.78 is 69.2. The van der Waals surface area contributed by atoms with E-state index < -0.39 is 36.5 Å². The molecule has 1 aliphatic rings. The van der Waals surface area contributed by atoms with Crippen LogP contribution < -0.4 is 10.6 Å². The summed E-state index contributed by atoms with van der Waals surface area (Å²) in [6.45, 7) is 0.758. The summed E-state index contributed by atoms with van der Waals surface area (Å²) in [4.78, 5) is 14.0. The molecular formula is C25H24F5N5O. The normalized spacial score (nSPS) is 18.5. The first-order chi connectivity index (χ1) is 17.1. The van der Waals surface area contributed by atoms with Gasteiger partial charge in [0, 0.05) is 24.2 Å². The standard InChI is InChI=1S/C25H24F5N5O/c1-34-12-10-21(19(27)15-34)32-23-9-3-8-22-18(14-25(28,29)30)20(33-35(22)23)7-4-11-31-24(36)16-5-2-6-17(26)13-16/h2-3,5-6,8-9,13,19,21,32H,10-12,14-15H2,1H3,(H,31,36)/t19-,21+/m0/s1. The first-order valence-corrected chi connectivity index (χ1v) is 11.3. The molecule has 2 N–H and O–H groups in total. The highest BCUT2D eigenvalue weighted by Crippen LogP contribution is 2.28.